The molecule has 1 heterocycles. The Labute approximate surface area is 131 Å². The lowest BCUT2D eigenvalue weighted by molar-refractivity contribution is 0.967. The number of aromatic nitrogens is 1. The molecule has 0 radical (unpaired) electrons. The molecule has 2 aromatic carbocycles. The second-order valence-corrected chi connectivity index (χ2v) is 5.90. The summed E-state index contributed by atoms with van der Waals surface area (Å²) in [6, 6.07) is 12.8. The summed E-state index contributed by atoms with van der Waals surface area (Å²) < 4.78 is 2.14. The minimum absolute atomic E-state index is 1.04. The third-order valence-corrected chi connectivity index (χ3v) is 3.95. The molecule has 0 fully saturated rings. The summed E-state index contributed by atoms with van der Waals surface area (Å²) in [7, 11) is 2.07. The van der Waals surface area contributed by atoms with Crippen molar-refractivity contribution in [3.63, 3.8) is 0 Å². The first kappa shape index (κ1) is 14.4. The number of benzene rings is 2. The second kappa shape index (κ2) is 5.68. The molecule has 3 heteroatoms. The zero-order valence-electron chi connectivity index (χ0n) is 13.5. The van der Waals surface area contributed by atoms with E-state index < -0.39 is 0 Å². The van der Waals surface area contributed by atoms with Crippen LogP contribution >= 0.6 is 0 Å². The van der Waals surface area contributed by atoms with E-state index >= 15 is 0 Å². The molecule has 1 aromatic heterocycles. The Balaban J connectivity index is 1.87. The topological polar surface area (TPSA) is 29.3 Å². The highest BCUT2D eigenvalue weighted by molar-refractivity contribution is 5.99. The van der Waals surface area contributed by atoms with E-state index in [0.29, 0.717) is 0 Å². The van der Waals surface area contributed by atoms with Crippen LogP contribution < -0.4 is 5.43 Å². The Bertz CT molecular complexity index is 856. The lowest BCUT2D eigenvalue weighted by atomic mass is 10.1. The van der Waals surface area contributed by atoms with Crippen molar-refractivity contribution in [3.8, 4) is 0 Å². The van der Waals surface area contributed by atoms with Crippen LogP contribution in [0.15, 0.2) is 47.7 Å². The van der Waals surface area contributed by atoms with Crippen molar-refractivity contribution >= 4 is 22.8 Å². The van der Waals surface area contributed by atoms with E-state index in [1.54, 1.807) is 0 Å². The molecule has 0 unspecified atom stereocenters. The summed E-state index contributed by atoms with van der Waals surface area (Å²) in [4.78, 5) is 0. The predicted octanol–water partition coefficient (Wildman–Crippen LogP) is 4.55. The number of aryl methyl sites for hydroxylation is 4. The van der Waals surface area contributed by atoms with E-state index in [0.717, 1.165) is 11.3 Å². The predicted molar refractivity (Wildman–Crippen MR) is 94.8 cm³/mol. The van der Waals surface area contributed by atoms with Crippen molar-refractivity contribution < 1.29 is 0 Å². The zero-order chi connectivity index (χ0) is 15.7. The highest BCUT2D eigenvalue weighted by atomic mass is 15.3. The summed E-state index contributed by atoms with van der Waals surface area (Å²) in [6.07, 6.45) is 3.99. The van der Waals surface area contributed by atoms with Gasteiger partial charge in [-0.1, -0.05) is 29.8 Å². The van der Waals surface area contributed by atoms with Crippen LogP contribution in [0.1, 0.15) is 22.3 Å². The highest BCUT2D eigenvalue weighted by Crippen LogP contribution is 2.21. The molecule has 0 bridgehead atoms. The van der Waals surface area contributed by atoms with Gasteiger partial charge in [0.2, 0.25) is 0 Å². The molecule has 0 aliphatic rings. The van der Waals surface area contributed by atoms with Crippen LogP contribution in [-0.4, -0.2) is 10.8 Å². The molecule has 0 atom stereocenters. The van der Waals surface area contributed by atoms with Crippen molar-refractivity contribution in [3.05, 3.63) is 64.8 Å². The molecule has 112 valence electrons. The second-order valence-electron chi connectivity index (χ2n) is 5.90. The fourth-order valence-electron chi connectivity index (χ4n) is 2.74. The molecule has 3 rings (SSSR count). The Morgan fingerprint density at radius 1 is 1.00 bits per heavy atom. The quantitative estimate of drug-likeness (QED) is 0.556. The molecule has 0 spiro atoms. The van der Waals surface area contributed by atoms with E-state index in [1.165, 1.54) is 27.6 Å². The van der Waals surface area contributed by atoms with Gasteiger partial charge in [-0.15, -0.1) is 0 Å². The van der Waals surface area contributed by atoms with Crippen LogP contribution in [0, 0.1) is 20.8 Å². The Morgan fingerprint density at radius 2 is 1.73 bits per heavy atom. The van der Waals surface area contributed by atoms with Crippen molar-refractivity contribution in [1.82, 2.24) is 4.57 Å². The van der Waals surface area contributed by atoms with E-state index in [2.05, 4.69) is 85.5 Å². The largest absolute Gasteiger partial charge is 0.350 e. The van der Waals surface area contributed by atoms with Crippen LogP contribution in [0.25, 0.3) is 10.9 Å². The lowest BCUT2D eigenvalue weighted by Crippen LogP contribution is -1.93. The van der Waals surface area contributed by atoms with E-state index in [1.807, 2.05) is 6.21 Å². The summed E-state index contributed by atoms with van der Waals surface area (Å²) in [6.45, 7) is 6.30. The fraction of sp³-hybridized carbons (Fsp3) is 0.211. The number of hydrazone groups is 1. The van der Waals surface area contributed by atoms with Crippen LogP contribution in [-0.2, 0) is 7.05 Å². The molecule has 1 N–H and O–H groups in total. The van der Waals surface area contributed by atoms with Crippen molar-refractivity contribution in [1.29, 1.82) is 0 Å². The van der Waals surface area contributed by atoms with Crippen molar-refractivity contribution in [2.24, 2.45) is 12.1 Å². The lowest BCUT2D eigenvalue weighted by Gasteiger charge is -2.05. The van der Waals surface area contributed by atoms with Gasteiger partial charge in [0.25, 0.3) is 0 Å². The summed E-state index contributed by atoms with van der Waals surface area (Å²) in [5, 5.41) is 5.62. The smallest absolute Gasteiger partial charge is 0.0591 e. The van der Waals surface area contributed by atoms with E-state index in [4.69, 9.17) is 0 Å². The summed E-state index contributed by atoms with van der Waals surface area (Å²) in [5.41, 5.74) is 10.3. The monoisotopic (exact) mass is 291 g/mol. The fourth-order valence-corrected chi connectivity index (χ4v) is 2.74. The Morgan fingerprint density at radius 3 is 2.50 bits per heavy atom. The van der Waals surface area contributed by atoms with Gasteiger partial charge in [-0.05, 0) is 44.0 Å². The maximum absolute atomic E-state index is 4.40. The third kappa shape index (κ3) is 2.75. The molecule has 0 saturated carbocycles. The average molecular weight is 291 g/mol. The molecule has 0 amide bonds. The average Bonchev–Trinajstić information content (AvgIpc) is 2.77. The molecule has 0 aliphatic heterocycles. The van der Waals surface area contributed by atoms with Gasteiger partial charge in [0.15, 0.2) is 0 Å². The van der Waals surface area contributed by atoms with Gasteiger partial charge in [0, 0.05) is 29.7 Å². The number of anilines is 1. The number of hydrogen-bond donors (Lipinski definition) is 1. The number of nitrogens with zero attached hydrogens (tertiary/aromatic N) is 2. The Kier molecular flexibility index (Phi) is 3.72. The number of fused-ring (bicyclic) bond motifs is 1. The van der Waals surface area contributed by atoms with Gasteiger partial charge in [-0.25, -0.2) is 0 Å². The van der Waals surface area contributed by atoms with Crippen molar-refractivity contribution in [2.45, 2.75) is 20.8 Å². The highest BCUT2D eigenvalue weighted by Gasteiger charge is 2.04. The maximum atomic E-state index is 4.40. The number of rotatable bonds is 3. The molecule has 3 aromatic rings. The third-order valence-electron chi connectivity index (χ3n) is 3.95. The summed E-state index contributed by atoms with van der Waals surface area (Å²) >= 11 is 0. The van der Waals surface area contributed by atoms with Gasteiger partial charge < -0.3 is 4.57 Å². The molecule has 0 saturated heterocycles. The zero-order valence-corrected chi connectivity index (χ0v) is 13.5. The van der Waals surface area contributed by atoms with Crippen LogP contribution in [0.2, 0.25) is 0 Å². The SMILES string of the molecule is Cc1ccc(N/N=C/c2cn(C)c3cc(C)ccc23)c(C)c1. The van der Waals surface area contributed by atoms with Crippen LogP contribution in [0.5, 0.6) is 0 Å². The molecular weight excluding hydrogens is 270 g/mol. The first-order valence-electron chi connectivity index (χ1n) is 7.46. The number of nitrogens with one attached hydrogen (secondary N) is 1. The van der Waals surface area contributed by atoms with E-state index in [9.17, 15) is 0 Å². The normalized spacial score (nSPS) is 11.5. The van der Waals surface area contributed by atoms with Crippen LogP contribution in [0.3, 0.4) is 0 Å². The van der Waals surface area contributed by atoms with E-state index in [-0.39, 0.29) is 0 Å². The number of hydrogen-bond acceptors (Lipinski definition) is 2. The molecule has 22 heavy (non-hydrogen) atoms. The molecular formula is C19H21N3. The summed E-state index contributed by atoms with van der Waals surface area (Å²) in [5.74, 6) is 0. The van der Waals surface area contributed by atoms with Gasteiger partial charge in [0.05, 0.1) is 11.9 Å². The molecule has 3 nitrogen and oxygen atoms in total. The van der Waals surface area contributed by atoms with Gasteiger partial charge >= 0.3 is 0 Å². The first-order valence-corrected chi connectivity index (χ1v) is 7.46. The maximum Gasteiger partial charge on any atom is 0.0591 e. The first-order chi connectivity index (χ1) is 10.5. The molecule has 0 aliphatic carbocycles. The standard InChI is InChI=1S/C19H21N3/c1-13-6-8-18(15(3)9-13)21-20-11-16-12-22(4)19-10-14(2)5-7-17(16)19/h5-12,21H,1-4H3/b20-11+. The Hall–Kier alpha value is -2.55. The van der Waals surface area contributed by atoms with Crippen LogP contribution in [0.4, 0.5) is 5.69 Å². The van der Waals surface area contributed by atoms with Crippen molar-refractivity contribution in [2.75, 3.05) is 5.43 Å². The van der Waals surface area contributed by atoms with Gasteiger partial charge in [-0.3, -0.25) is 5.43 Å². The van der Waals surface area contributed by atoms with Gasteiger partial charge in [0.1, 0.15) is 0 Å². The minimum Gasteiger partial charge on any atom is -0.350 e. The van der Waals surface area contributed by atoms with Gasteiger partial charge in [-0.2, -0.15) is 5.10 Å². The minimum atomic E-state index is 1.04.